The molecule has 3 saturated heterocycles. The lowest BCUT2D eigenvalue weighted by Crippen LogP contribution is -2.47. The summed E-state index contributed by atoms with van der Waals surface area (Å²) in [5.41, 5.74) is 5.46. The highest BCUT2D eigenvalue weighted by atomic mass is 16.5. The molecule has 0 spiro atoms. The molecular formula is C26H31N7O. The van der Waals surface area contributed by atoms with E-state index in [9.17, 15) is 0 Å². The van der Waals surface area contributed by atoms with E-state index in [1.807, 2.05) is 12.3 Å². The van der Waals surface area contributed by atoms with E-state index in [1.165, 1.54) is 37.3 Å². The van der Waals surface area contributed by atoms with Crippen molar-refractivity contribution in [1.82, 2.24) is 19.9 Å². The van der Waals surface area contributed by atoms with E-state index in [1.54, 1.807) is 6.20 Å². The first-order valence-electron chi connectivity index (χ1n) is 12.2. The standard InChI is InChI=1S/C26H31N7O/c1-19-16-21(3-4-24(19)33-11-10-31-9-7-22(33)18-31)29-26-27-8-6-23(30-26)20-2-5-25(28-17-20)32-12-14-34-15-13-32/h2-6,8,16-17,22H,7,9-15,18H2,1H3,(H,27,29,30). The molecule has 0 radical (unpaired) electrons. The van der Waals surface area contributed by atoms with Crippen molar-refractivity contribution in [3.05, 3.63) is 54.4 Å². The van der Waals surface area contributed by atoms with Crippen LogP contribution in [0.2, 0.25) is 0 Å². The van der Waals surface area contributed by atoms with Gasteiger partial charge in [-0.1, -0.05) is 0 Å². The normalized spacial score (nSPS) is 22.1. The van der Waals surface area contributed by atoms with E-state index in [0.717, 1.165) is 55.6 Å². The predicted molar refractivity (Wildman–Crippen MR) is 135 cm³/mol. The van der Waals surface area contributed by atoms with Gasteiger partial charge in [0.15, 0.2) is 0 Å². The Morgan fingerprint density at radius 1 is 0.971 bits per heavy atom. The second-order valence-corrected chi connectivity index (χ2v) is 9.33. The van der Waals surface area contributed by atoms with Crippen molar-refractivity contribution < 1.29 is 4.74 Å². The fraction of sp³-hybridized carbons (Fsp3) is 0.423. The zero-order valence-electron chi connectivity index (χ0n) is 19.7. The van der Waals surface area contributed by atoms with Crippen molar-refractivity contribution in [2.24, 2.45) is 0 Å². The van der Waals surface area contributed by atoms with Crippen LogP contribution < -0.4 is 15.1 Å². The molecule has 3 aliphatic rings. The summed E-state index contributed by atoms with van der Waals surface area (Å²) >= 11 is 0. The largest absolute Gasteiger partial charge is 0.378 e. The molecular weight excluding hydrogens is 426 g/mol. The lowest BCUT2D eigenvalue weighted by Gasteiger charge is -2.37. The third-order valence-corrected chi connectivity index (χ3v) is 7.14. The van der Waals surface area contributed by atoms with Crippen molar-refractivity contribution in [1.29, 1.82) is 0 Å². The number of aryl methyl sites for hydroxylation is 1. The van der Waals surface area contributed by atoms with E-state index < -0.39 is 0 Å². The lowest BCUT2D eigenvalue weighted by molar-refractivity contribution is 0.122. The highest BCUT2D eigenvalue weighted by molar-refractivity contribution is 5.66. The Morgan fingerprint density at radius 3 is 2.71 bits per heavy atom. The summed E-state index contributed by atoms with van der Waals surface area (Å²) in [4.78, 5) is 21.3. The monoisotopic (exact) mass is 457 g/mol. The lowest BCUT2D eigenvalue weighted by atomic mass is 10.1. The van der Waals surface area contributed by atoms with Gasteiger partial charge in [-0.3, -0.25) is 4.90 Å². The first-order valence-corrected chi connectivity index (χ1v) is 12.2. The molecule has 2 unspecified atom stereocenters. The number of fused-ring (bicyclic) bond motifs is 2. The van der Waals surface area contributed by atoms with Gasteiger partial charge in [0.05, 0.1) is 18.9 Å². The molecule has 1 aromatic carbocycles. The van der Waals surface area contributed by atoms with Crippen LogP contribution in [0.15, 0.2) is 48.8 Å². The van der Waals surface area contributed by atoms with E-state index in [-0.39, 0.29) is 0 Å². The Bertz CT molecular complexity index is 1150. The summed E-state index contributed by atoms with van der Waals surface area (Å²) in [6.07, 6.45) is 4.95. The number of hydrogen-bond donors (Lipinski definition) is 1. The van der Waals surface area contributed by atoms with Crippen LogP contribution >= 0.6 is 0 Å². The molecule has 0 saturated carbocycles. The Morgan fingerprint density at radius 2 is 1.88 bits per heavy atom. The van der Waals surface area contributed by atoms with Gasteiger partial charge < -0.3 is 19.9 Å². The molecule has 34 heavy (non-hydrogen) atoms. The Hall–Kier alpha value is -3.23. The zero-order valence-corrected chi connectivity index (χ0v) is 19.7. The topological polar surface area (TPSA) is 69.6 Å². The number of nitrogens with zero attached hydrogens (tertiary/aromatic N) is 6. The summed E-state index contributed by atoms with van der Waals surface area (Å²) in [5.74, 6) is 1.57. The number of hydrogen-bond acceptors (Lipinski definition) is 8. The van der Waals surface area contributed by atoms with Crippen molar-refractivity contribution in [3.63, 3.8) is 0 Å². The summed E-state index contributed by atoms with van der Waals surface area (Å²) in [7, 11) is 0. The number of aromatic nitrogens is 3. The molecule has 6 rings (SSSR count). The van der Waals surface area contributed by atoms with Gasteiger partial charge in [0.2, 0.25) is 5.95 Å². The van der Waals surface area contributed by atoms with E-state index in [4.69, 9.17) is 9.72 Å². The fourth-order valence-electron chi connectivity index (χ4n) is 5.30. The molecule has 3 fully saturated rings. The van der Waals surface area contributed by atoms with Gasteiger partial charge in [0.25, 0.3) is 0 Å². The van der Waals surface area contributed by atoms with E-state index in [2.05, 4.69) is 67.2 Å². The average Bonchev–Trinajstić information content (AvgIpc) is 3.26. The van der Waals surface area contributed by atoms with Crippen LogP contribution in [0.1, 0.15) is 12.0 Å². The van der Waals surface area contributed by atoms with Crippen molar-refractivity contribution >= 4 is 23.1 Å². The summed E-state index contributed by atoms with van der Waals surface area (Å²) in [6.45, 7) is 10.2. The smallest absolute Gasteiger partial charge is 0.227 e. The second-order valence-electron chi connectivity index (χ2n) is 9.33. The molecule has 0 aliphatic carbocycles. The van der Waals surface area contributed by atoms with Crippen LogP contribution in [0.4, 0.5) is 23.1 Å². The molecule has 0 amide bonds. The van der Waals surface area contributed by atoms with Crippen LogP contribution in [0.25, 0.3) is 11.3 Å². The maximum absolute atomic E-state index is 5.43. The maximum atomic E-state index is 5.43. The van der Waals surface area contributed by atoms with Crippen LogP contribution in [-0.2, 0) is 4.74 Å². The third kappa shape index (κ3) is 4.31. The highest BCUT2D eigenvalue weighted by Gasteiger charge is 2.32. The van der Waals surface area contributed by atoms with Crippen molar-refractivity contribution in [3.8, 4) is 11.3 Å². The number of anilines is 4. The predicted octanol–water partition coefficient (Wildman–Crippen LogP) is 3.32. The number of benzene rings is 1. The molecule has 8 nitrogen and oxygen atoms in total. The minimum Gasteiger partial charge on any atom is -0.378 e. The average molecular weight is 458 g/mol. The van der Waals surface area contributed by atoms with Crippen LogP contribution in [0.5, 0.6) is 0 Å². The van der Waals surface area contributed by atoms with Crippen LogP contribution in [0.3, 0.4) is 0 Å². The fourth-order valence-corrected chi connectivity index (χ4v) is 5.30. The SMILES string of the molecule is Cc1cc(Nc2nccc(-c3ccc(N4CCOCC4)nc3)n2)ccc1N1CCN2CCC1C2. The Kier molecular flexibility index (Phi) is 5.76. The van der Waals surface area contributed by atoms with Crippen molar-refractivity contribution in [2.75, 3.05) is 67.6 Å². The second kappa shape index (κ2) is 9.19. The molecule has 3 aromatic rings. The molecule has 176 valence electrons. The van der Waals surface area contributed by atoms with Gasteiger partial charge in [0.1, 0.15) is 5.82 Å². The number of pyridine rings is 1. The van der Waals surface area contributed by atoms with E-state index in [0.29, 0.717) is 12.0 Å². The van der Waals surface area contributed by atoms with Gasteiger partial charge in [-0.05, 0) is 55.3 Å². The first kappa shape index (κ1) is 21.3. The number of morpholine rings is 1. The molecule has 2 aromatic heterocycles. The highest BCUT2D eigenvalue weighted by Crippen LogP contribution is 2.31. The third-order valence-electron chi connectivity index (χ3n) is 7.14. The summed E-state index contributed by atoms with van der Waals surface area (Å²) in [6, 6.07) is 13.3. The zero-order chi connectivity index (χ0) is 22.9. The van der Waals surface area contributed by atoms with Crippen LogP contribution in [0, 0.1) is 6.92 Å². The summed E-state index contributed by atoms with van der Waals surface area (Å²) < 4.78 is 5.43. The van der Waals surface area contributed by atoms with Crippen molar-refractivity contribution in [2.45, 2.75) is 19.4 Å². The minimum atomic E-state index is 0.589. The first-order chi connectivity index (χ1) is 16.7. The van der Waals surface area contributed by atoms with Crippen LogP contribution in [-0.4, -0.2) is 78.4 Å². The van der Waals surface area contributed by atoms with Gasteiger partial charge in [0, 0.05) is 74.6 Å². The molecule has 2 atom stereocenters. The van der Waals surface area contributed by atoms with Gasteiger partial charge in [-0.2, -0.15) is 0 Å². The van der Waals surface area contributed by atoms with Gasteiger partial charge >= 0.3 is 0 Å². The quantitative estimate of drug-likeness (QED) is 0.626. The number of nitrogens with one attached hydrogen (secondary N) is 1. The molecule has 2 bridgehead atoms. The van der Waals surface area contributed by atoms with E-state index >= 15 is 0 Å². The summed E-state index contributed by atoms with van der Waals surface area (Å²) in [5, 5.41) is 3.39. The van der Waals surface area contributed by atoms with Gasteiger partial charge in [-0.25, -0.2) is 15.0 Å². The van der Waals surface area contributed by atoms with Gasteiger partial charge in [-0.15, -0.1) is 0 Å². The molecule has 1 N–H and O–H groups in total. The number of piperazine rings is 1. The number of ether oxygens (including phenoxy) is 1. The Labute approximate surface area is 200 Å². The Balaban J connectivity index is 1.16. The maximum Gasteiger partial charge on any atom is 0.227 e. The number of rotatable bonds is 5. The minimum absolute atomic E-state index is 0.589. The molecule has 3 aliphatic heterocycles. The molecule has 5 heterocycles. The molecule has 8 heteroatoms.